The molecule has 0 amide bonds. The zero-order chi connectivity index (χ0) is 14.9. The lowest BCUT2D eigenvalue weighted by Gasteiger charge is -2.16. The first-order valence-electron chi connectivity index (χ1n) is 6.91. The van der Waals surface area contributed by atoms with Gasteiger partial charge >= 0.3 is 0 Å². The molecule has 0 aliphatic rings. The van der Waals surface area contributed by atoms with Crippen molar-refractivity contribution in [3.63, 3.8) is 0 Å². The van der Waals surface area contributed by atoms with E-state index >= 15 is 0 Å². The van der Waals surface area contributed by atoms with Crippen molar-refractivity contribution in [2.45, 2.75) is 39.7 Å². The minimum Gasteiger partial charge on any atom is -0.494 e. The molecule has 1 heterocycles. The number of H-pyrrole nitrogens is 1. The highest BCUT2D eigenvalue weighted by Gasteiger charge is 2.14. The number of imidazole rings is 1. The highest BCUT2D eigenvalue weighted by Crippen LogP contribution is 2.28. The molecule has 20 heavy (non-hydrogen) atoms. The molecule has 0 aliphatic heterocycles. The van der Waals surface area contributed by atoms with Crippen LogP contribution < -0.4 is 4.74 Å². The molecule has 0 aliphatic carbocycles. The molecule has 3 nitrogen and oxygen atoms in total. The Hall–Kier alpha value is -1.36. The van der Waals surface area contributed by atoms with Crippen LogP contribution in [0.5, 0.6) is 5.75 Å². The Labute approximate surface area is 123 Å². The molecule has 110 valence electrons. The second-order valence-corrected chi connectivity index (χ2v) is 6.01. The third-order valence-electron chi connectivity index (χ3n) is 3.59. The number of rotatable bonds is 5. The molecular formula is C15H21FN2OS. The number of nitrogens with zero attached hydrogens (tertiary/aromatic N) is 1. The lowest BCUT2D eigenvalue weighted by atomic mass is 10.0. The van der Waals surface area contributed by atoms with E-state index in [4.69, 9.17) is 17.0 Å². The highest BCUT2D eigenvalue weighted by atomic mass is 32.1. The van der Waals surface area contributed by atoms with Gasteiger partial charge in [0.1, 0.15) is 0 Å². The fourth-order valence-corrected chi connectivity index (χ4v) is 2.81. The molecule has 1 atom stereocenters. The van der Waals surface area contributed by atoms with Crippen LogP contribution in [-0.4, -0.2) is 16.7 Å². The van der Waals surface area contributed by atoms with E-state index in [0.29, 0.717) is 16.2 Å². The summed E-state index contributed by atoms with van der Waals surface area (Å²) in [6.07, 6.45) is 2.17. The van der Waals surface area contributed by atoms with Gasteiger partial charge in [-0.05, 0) is 37.9 Å². The quantitative estimate of drug-likeness (QED) is 0.800. The van der Waals surface area contributed by atoms with E-state index < -0.39 is 0 Å². The van der Waals surface area contributed by atoms with Gasteiger partial charge in [-0.3, -0.25) is 0 Å². The molecule has 1 N–H and O–H groups in total. The topological polar surface area (TPSA) is 29.9 Å². The highest BCUT2D eigenvalue weighted by molar-refractivity contribution is 7.71. The zero-order valence-electron chi connectivity index (χ0n) is 12.4. The van der Waals surface area contributed by atoms with Crippen LogP contribution in [0.2, 0.25) is 0 Å². The molecule has 0 bridgehead atoms. The second-order valence-electron chi connectivity index (χ2n) is 5.62. The van der Waals surface area contributed by atoms with Crippen molar-refractivity contribution in [2.24, 2.45) is 5.92 Å². The average Bonchev–Trinajstić information content (AvgIpc) is 2.69. The summed E-state index contributed by atoms with van der Waals surface area (Å²) in [5, 5.41) is 0. The minimum atomic E-state index is -0.377. The first-order chi connectivity index (χ1) is 9.43. The number of fused-ring (bicyclic) bond motifs is 1. The van der Waals surface area contributed by atoms with Gasteiger partial charge in [-0.2, -0.15) is 0 Å². The van der Waals surface area contributed by atoms with E-state index in [-0.39, 0.29) is 17.6 Å². The monoisotopic (exact) mass is 296 g/mol. The standard InChI is InChI=1S/C15H21FN2OS/c1-9(2)5-6-10(3)18-13-8-14(19-4)11(16)7-12(13)17-15(18)20/h7-10H,5-6H2,1-4H3,(H,17,20). The number of methoxy groups -OCH3 is 1. The molecular weight excluding hydrogens is 275 g/mol. The van der Waals surface area contributed by atoms with Crippen LogP contribution in [0.1, 0.15) is 39.7 Å². The fraction of sp³-hybridized carbons (Fsp3) is 0.533. The molecule has 0 fully saturated rings. The van der Waals surface area contributed by atoms with E-state index in [1.165, 1.54) is 13.2 Å². The van der Waals surface area contributed by atoms with Crippen LogP contribution in [-0.2, 0) is 0 Å². The molecule has 1 aromatic heterocycles. The largest absolute Gasteiger partial charge is 0.494 e. The van der Waals surface area contributed by atoms with Crippen molar-refractivity contribution >= 4 is 23.3 Å². The summed E-state index contributed by atoms with van der Waals surface area (Å²) in [7, 11) is 1.47. The molecule has 0 radical (unpaired) electrons. The van der Waals surface area contributed by atoms with E-state index in [0.717, 1.165) is 18.4 Å². The normalized spacial score (nSPS) is 13.1. The molecule has 5 heteroatoms. The minimum absolute atomic E-state index is 0.247. The smallest absolute Gasteiger partial charge is 0.178 e. The molecule has 2 rings (SSSR count). The number of ether oxygens (including phenoxy) is 1. The van der Waals surface area contributed by atoms with Gasteiger partial charge in [0.05, 0.1) is 18.1 Å². The van der Waals surface area contributed by atoms with Gasteiger partial charge in [0, 0.05) is 18.2 Å². The fourth-order valence-electron chi connectivity index (χ4n) is 2.42. The summed E-state index contributed by atoms with van der Waals surface area (Å²) in [5.41, 5.74) is 1.61. The zero-order valence-corrected chi connectivity index (χ0v) is 13.2. The van der Waals surface area contributed by atoms with E-state index in [1.54, 1.807) is 6.07 Å². The van der Waals surface area contributed by atoms with Gasteiger partial charge in [0.2, 0.25) is 0 Å². The Morgan fingerprint density at radius 3 is 2.60 bits per heavy atom. The number of aromatic amines is 1. The van der Waals surface area contributed by atoms with Crippen molar-refractivity contribution in [3.05, 3.63) is 22.7 Å². The Kier molecular flexibility index (Phi) is 4.48. The molecule has 0 spiro atoms. The lowest BCUT2D eigenvalue weighted by Crippen LogP contribution is -2.06. The Morgan fingerprint density at radius 2 is 2.00 bits per heavy atom. The van der Waals surface area contributed by atoms with Gasteiger partial charge in [0.25, 0.3) is 0 Å². The average molecular weight is 296 g/mol. The van der Waals surface area contributed by atoms with Crippen LogP contribution in [0.15, 0.2) is 12.1 Å². The number of hydrogen-bond acceptors (Lipinski definition) is 2. The Bertz CT molecular complexity index is 660. The van der Waals surface area contributed by atoms with Crippen LogP contribution in [0, 0.1) is 16.5 Å². The number of aromatic nitrogens is 2. The summed E-state index contributed by atoms with van der Waals surface area (Å²) in [5.74, 6) is 0.526. The summed E-state index contributed by atoms with van der Waals surface area (Å²) in [6, 6.07) is 3.42. The Morgan fingerprint density at radius 1 is 1.30 bits per heavy atom. The van der Waals surface area contributed by atoms with E-state index in [9.17, 15) is 4.39 Å². The number of nitrogens with one attached hydrogen (secondary N) is 1. The predicted octanol–water partition coefficient (Wildman–Crippen LogP) is 4.84. The van der Waals surface area contributed by atoms with Gasteiger partial charge in [-0.15, -0.1) is 0 Å². The third-order valence-corrected chi connectivity index (χ3v) is 3.89. The third kappa shape index (κ3) is 2.87. The first kappa shape index (κ1) is 15.0. The predicted molar refractivity (Wildman–Crippen MR) is 82.4 cm³/mol. The van der Waals surface area contributed by atoms with Gasteiger partial charge < -0.3 is 14.3 Å². The molecule has 2 aromatic rings. The van der Waals surface area contributed by atoms with E-state index in [1.807, 2.05) is 0 Å². The number of benzene rings is 1. The van der Waals surface area contributed by atoms with Crippen LogP contribution in [0.25, 0.3) is 11.0 Å². The second kappa shape index (κ2) is 5.95. The van der Waals surface area contributed by atoms with Crippen molar-refractivity contribution in [1.29, 1.82) is 0 Å². The van der Waals surface area contributed by atoms with Crippen molar-refractivity contribution in [3.8, 4) is 5.75 Å². The summed E-state index contributed by atoms with van der Waals surface area (Å²) in [4.78, 5) is 3.07. The van der Waals surface area contributed by atoms with Crippen molar-refractivity contribution in [1.82, 2.24) is 9.55 Å². The summed E-state index contributed by atoms with van der Waals surface area (Å²) < 4.78 is 21.5. The van der Waals surface area contributed by atoms with Crippen LogP contribution in [0.4, 0.5) is 4.39 Å². The van der Waals surface area contributed by atoms with Crippen molar-refractivity contribution in [2.75, 3.05) is 7.11 Å². The maximum absolute atomic E-state index is 13.7. The molecule has 0 saturated heterocycles. The summed E-state index contributed by atoms with van der Waals surface area (Å²) in [6.45, 7) is 6.56. The first-order valence-corrected chi connectivity index (χ1v) is 7.32. The van der Waals surface area contributed by atoms with Gasteiger partial charge in [-0.1, -0.05) is 13.8 Å². The lowest BCUT2D eigenvalue weighted by molar-refractivity contribution is 0.387. The maximum atomic E-state index is 13.7. The van der Waals surface area contributed by atoms with Crippen molar-refractivity contribution < 1.29 is 9.13 Å². The molecule has 1 unspecified atom stereocenters. The molecule has 0 saturated carbocycles. The maximum Gasteiger partial charge on any atom is 0.178 e. The van der Waals surface area contributed by atoms with Gasteiger partial charge in [0.15, 0.2) is 16.3 Å². The summed E-state index contributed by atoms with van der Waals surface area (Å²) >= 11 is 5.38. The van der Waals surface area contributed by atoms with Gasteiger partial charge in [-0.25, -0.2) is 4.39 Å². The van der Waals surface area contributed by atoms with E-state index in [2.05, 4.69) is 30.3 Å². The molecule has 1 aromatic carbocycles. The Balaban J connectivity index is 2.47. The SMILES string of the molecule is COc1cc2c(cc1F)[nH]c(=S)n2C(C)CCC(C)C. The number of halogens is 1. The van der Waals surface area contributed by atoms with Crippen LogP contribution in [0.3, 0.4) is 0 Å². The number of hydrogen-bond donors (Lipinski definition) is 1. The van der Waals surface area contributed by atoms with Crippen LogP contribution >= 0.6 is 12.2 Å².